The van der Waals surface area contributed by atoms with Gasteiger partial charge in [-0.05, 0) is 45.2 Å². The summed E-state index contributed by atoms with van der Waals surface area (Å²) in [4.78, 5) is 14.7. The van der Waals surface area contributed by atoms with E-state index in [4.69, 9.17) is 0 Å². The quantitative estimate of drug-likeness (QED) is 0.892. The maximum Gasteiger partial charge on any atom is 0.237 e. The van der Waals surface area contributed by atoms with Crippen LogP contribution < -0.4 is 10.6 Å². The van der Waals surface area contributed by atoms with Crippen molar-refractivity contribution in [2.24, 2.45) is 0 Å². The number of rotatable bonds is 4. The van der Waals surface area contributed by atoms with Gasteiger partial charge in [0.05, 0.1) is 6.04 Å². The standard InChI is InChI=1S/C18H27N3O/c1-14-3-5-16(6-4-14)13-19-17(22)15(2)21-11-8-18(9-12-21)7-10-20-18/h3-6,15,20H,7-13H2,1-2H3,(H,19,22). The molecule has 0 bridgehead atoms. The van der Waals surface area contributed by atoms with Crippen LogP contribution in [0.1, 0.15) is 37.3 Å². The summed E-state index contributed by atoms with van der Waals surface area (Å²) >= 11 is 0. The van der Waals surface area contributed by atoms with E-state index in [-0.39, 0.29) is 11.9 Å². The molecule has 1 aromatic rings. The van der Waals surface area contributed by atoms with Crippen molar-refractivity contribution in [1.29, 1.82) is 0 Å². The van der Waals surface area contributed by atoms with Crippen LogP contribution in [0.25, 0.3) is 0 Å². The fraction of sp³-hybridized carbons (Fsp3) is 0.611. The molecule has 0 aromatic heterocycles. The first kappa shape index (κ1) is 15.5. The van der Waals surface area contributed by atoms with E-state index < -0.39 is 0 Å². The maximum atomic E-state index is 12.4. The molecule has 1 aromatic carbocycles. The molecule has 2 heterocycles. The number of aryl methyl sites for hydroxylation is 1. The van der Waals surface area contributed by atoms with Crippen molar-refractivity contribution in [2.45, 2.75) is 51.2 Å². The second-order valence-electron chi connectivity index (χ2n) is 6.87. The molecule has 2 fully saturated rings. The van der Waals surface area contributed by atoms with E-state index in [0.29, 0.717) is 12.1 Å². The molecule has 1 spiro atoms. The lowest BCUT2D eigenvalue weighted by molar-refractivity contribution is -0.127. The van der Waals surface area contributed by atoms with Crippen LogP contribution in [-0.4, -0.2) is 42.0 Å². The van der Waals surface area contributed by atoms with E-state index in [9.17, 15) is 4.79 Å². The number of nitrogens with zero attached hydrogens (tertiary/aromatic N) is 1. The Kier molecular flexibility index (Phi) is 4.50. The highest BCUT2D eigenvalue weighted by Gasteiger charge is 2.40. The average Bonchev–Trinajstić information content (AvgIpc) is 2.52. The van der Waals surface area contributed by atoms with Crippen molar-refractivity contribution in [1.82, 2.24) is 15.5 Å². The predicted molar refractivity (Wildman–Crippen MR) is 88.6 cm³/mol. The van der Waals surface area contributed by atoms with Gasteiger partial charge in [-0.1, -0.05) is 29.8 Å². The van der Waals surface area contributed by atoms with Crippen molar-refractivity contribution in [3.8, 4) is 0 Å². The highest BCUT2D eigenvalue weighted by atomic mass is 16.2. The Morgan fingerprint density at radius 1 is 1.27 bits per heavy atom. The fourth-order valence-electron chi connectivity index (χ4n) is 3.45. The SMILES string of the molecule is Cc1ccc(CNC(=O)C(C)N2CCC3(CCN3)CC2)cc1. The Morgan fingerprint density at radius 3 is 2.45 bits per heavy atom. The molecule has 2 aliphatic rings. The summed E-state index contributed by atoms with van der Waals surface area (Å²) in [5.41, 5.74) is 2.80. The first-order valence-electron chi connectivity index (χ1n) is 8.40. The van der Waals surface area contributed by atoms with Gasteiger partial charge in [0.15, 0.2) is 0 Å². The van der Waals surface area contributed by atoms with Crippen LogP contribution in [0.4, 0.5) is 0 Å². The van der Waals surface area contributed by atoms with E-state index in [1.807, 2.05) is 6.92 Å². The summed E-state index contributed by atoms with van der Waals surface area (Å²) in [6.07, 6.45) is 3.64. The summed E-state index contributed by atoms with van der Waals surface area (Å²) in [6.45, 7) is 7.91. The summed E-state index contributed by atoms with van der Waals surface area (Å²) in [7, 11) is 0. The lowest BCUT2D eigenvalue weighted by atomic mass is 9.79. The minimum Gasteiger partial charge on any atom is -0.351 e. The van der Waals surface area contributed by atoms with Crippen LogP contribution in [0.3, 0.4) is 0 Å². The third-order valence-corrected chi connectivity index (χ3v) is 5.37. The van der Waals surface area contributed by atoms with E-state index in [2.05, 4.69) is 46.7 Å². The molecule has 2 N–H and O–H groups in total. The highest BCUT2D eigenvalue weighted by Crippen LogP contribution is 2.31. The lowest BCUT2D eigenvalue weighted by Gasteiger charge is -2.49. The van der Waals surface area contributed by atoms with Gasteiger partial charge in [0.1, 0.15) is 0 Å². The second-order valence-corrected chi connectivity index (χ2v) is 6.87. The van der Waals surface area contributed by atoms with Crippen molar-refractivity contribution in [3.63, 3.8) is 0 Å². The molecular formula is C18H27N3O. The molecule has 120 valence electrons. The largest absolute Gasteiger partial charge is 0.351 e. The summed E-state index contributed by atoms with van der Waals surface area (Å²) in [5, 5.41) is 6.64. The molecule has 0 radical (unpaired) electrons. The van der Waals surface area contributed by atoms with Crippen LogP contribution in [0.15, 0.2) is 24.3 Å². The number of hydrogen-bond donors (Lipinski definition) is 2. The first-order valence-corrected chi connectivity index (χ1v) is 8.40. The zero-order valence-electron chi connectivity index (χ0n) is 13.7. The molecule has 4 nitrogen and oxygen atoms in total. The Morgan fingerprint density at radius 2 is 1.91 bits per heavy atom. The molecule has 0 aliphatic carbocycles. The fourth-order valence-corrected chi connectivity index (χ4v) is 3.45. The zero-order valence-corrected chi connectivity index (χ0v) is 13.7. The minimum atomic E-state index is -0.0390. The van der Waals surface area contributed by atoms with E-state index in [0.717, 1.165) is 25.2 Å². The topological polar surface area (TPSA) is 44.4 Å². The van der Waals surface area contributed by atoms with E-state index >= 15 is 0 Å². The van der Waals surface area contributed by atoms with Gasteiger partial charge < -0.3 is 10.6 Å². The molecule has 2 saturated heterocycles. The first-order chi connectivity index (χ1) is 10.6. The molecule has 1 unspecified atom stereocenters. The predicted octanol–water partition coefficient (Wildman–Crippen LogP) is 1.83. The van der Waals surface area contributed by atoms with Crippen LogP contribution >= 0.6 is 0 Å². The smallest absolute Gasteiger partial charge is 0.237 e. The summed E-state index contributed by atoms with van der Waals surface area (Å²) in [5.74, 6) is 0.137. The third-order valence-electron chi connectivity index (χ3n) is 5.37. The molecule has 2 aliphatic heterocycles. The van der Waals surface area contributed by atoms with Gasteiger partial charge in [0, 0.05) is 25.2 Å². The number of likely N-dealkylation sites (tertiary alicyclic amines) is 1. The number of hydrogen-bond acceptors (Lipinski definition) is 3. The van der Waals surface area contributed by atoms with E-state index in [1.165, 1.54) is 24.8 Å². The van der Waals surface area contributed by atoms with Gasteiger partial charge in [0.2, 0.25) is 5.91 Å². The number of piperidine rings is 1. The Bertz CT molecular complexity index is 512. The monoisotopic (exact) mass is 301 g/mol. The van der Waals surface area contributed by atoms with Crippen LogP contribution in [0.5, 0.6) is 0 Å². The summed E-state index contributed by atoms with van der Waals surface area (Å²) < 4.78 is 0. The van der Waals surface area contributed by atoms with Crippen molar-refractivity contribution in [3.05, 3.63) is 35.4 Å². The third kappa shape index (κ3) is 3.33. The van der Waals surface area contributed by atoms with Crippen molar-refractivity contribution in [2.75, 3.05) is 19.6 Å². The molecule has 1 amide bonds. The minimum absolute atomic E-state index is 0.0390. The van der Waals surface area contributed by atoms with Crippen molar-refractivity contribution < 1.29 is 4.79 Å². The molecule has 0 saturated carbocycles. The van der Waals surface area contributed by atoms with Gasteiger partial charge in [-0.25, -0.2) is 0 Å². The number of carbonyl (C=O) groups excluding carboxylic acids is 1. The van der Waals surface area contributed by atoms with Gasteiger partial charge in [-0.15, -0.1) is 0 Å². The Labute approximate surface area is 133 Å². The van der Waals surface area contributed by atoms with Gasteiger partial charge in [0.25, 0.3) is 0 Å². The molecular weight excluding hydrogens is 274 g/mol. The number of carbonyl (C=O) groups is 1. The second kappa shape index (κ2) is 6.39. The zero-order chi connectivity index (χ0) is 15.6. The normalized spacial score (nSPS) is 22.1. The summed E-state index contributed by atoms with van der Waals surface area (Å²) in [6, 6.07) is 8.28. The Hall–Kier alpha value is -1.39. The highest BCUT2D eigenvalue weighted by molar-refractivity contribution is 5.81. The molecule has 22 heavy (non-hydrogen) atoms. The van der Waals surface area contributed by atoms with Crippen LogP contribution in [-0.2, 0) is 11.3 Å². The lowest BCUT2D eigenvalue weighted by Crippen LogP contribution is -2.63. The van der Waals surface area contributed by atoms with E-state index in [1.54, 1.807) is 0 Å². The number of amides is 1. The van der Waals surface area contributed by atoms with Gasteiger partial charge in [-0.3, -0.25) is 9.69 Å². The van der Waals surface area contributed by atoms with Crippen LogP contribution in [0, 0.1) is 6.92 Å². The maximum absolute atomic E-state index is 12.4. The van der Waals surface area contributed by atoms with Gasteiger partial charge >= 0.3 is 0 Å². The Balaban J connectivity index is 1.46. The molecule has 1 atom stereocenters. The number of benzene rings is 1. The molecule has 3 rings (SSSR count). The van der Waals surface area contributed by atoms with Gasteiger partial charge in [-0.2, -0.15) is 0 Å². The number of nitrogens with one attached hydrogen (secondary N) is 2. The average molecular weight is 301 g/mol. The van der Waals surface area contributed by atoms with Crippen LogP contribution in [0.2, 0.25) is 0 Å². The molecule has 4 heteroatoms. The van der Waals surface area contributed by atoms with Crippen molar-refractivity contribution >= 4 is 5.91 Å².